The Morgan fingerprint density at radius 2 is 1.16 bits per heavy atom. The van der Waals surface area contributed by atoms with Gasteiger partial charge in [-0.1, -0.05) is 62.8 Å². The first-order valence-electron chi connectivity index (χ1n) is 20.8. The summed E-state index contributed by atoms with van der Waals surface area (Å²) in [5.74, 6) is 1.45. The Labute approximate surface area is 373 Å². The maximum absolute atomic E-state index is 12.6. The van der Waals surface area contributed by atoms with E-state index in [2.05, 4.69) is 43.0 Å². The summed E-state index contributed by atoms with van der Waals surface area (Å²) in [7, 11) is 0. The molecule has 0 aromatic carbocycles. The quantitative estimate of drug-likeness (QED) is 0.140. The van der Waals surface area contributed by atoms with Crippen molar-refractivity contribution < 1.29 is 48.1 Å². The zero-order valence-electron chi connectivity index (χ0n) is 35.2. The van der Waals surface area contributed by atoms with Crippen molar-refractivity contribution in [3.05, 3.63) is 132 Å². The first-order chi connectivity index (χ1) is 29.2. The van der Waals surface area contributed by atoms with Gasteiger partial charge in [0.1, 0.15) is 17.6 Å². The maximum Gasteiger partial charge on any atom is 0.301 e. The lowest BCUT2D eigenvalue weighted by Crippen LogP contribution is -3.00. The molecule has 2 aliphatic carbocycles. The van der Waals surface area contributed by atoms with Gasteiger partial charge in [0.2, 0.25) is 22.7 Å². The van der Waals surface area contributed by atoms with Gasteiger partial charge in [-0.05, 0) is 75.1 Å². The van der Waals surface area contributed by atoms with Crippen molar-refractivity contribution >= 4 is 40.4 Å². The third kappa shape index (κ3) is 10.6. The molecule has 0 bridgehead atoms. The number of hydrogen-bond donors (Lipinski definition) is 2. The number of aromatic nitrogens is 7. The lowest BCUT2D eigenvalue weighted by atomic mass is 9.95. The van der Waals surface area contributed by atoms with E-state index in [1.165, 1.54) is 57.7 Å². The highest BCUT2D eigenvalue weighted by Crippen LogP contribution is 2.32. The number of nitrogens with one attached hydrogen (secondary N) is 2. The molecule has 62 heavy (non-hydrogen) atoms. The van der Waals surface area contributed by atoms with Crippen LogP contribution in [0.1, 0.15) is 93.3 Å². The molecule has 2 fully saturated rings. The van der Waals surface area contributed by atoms with E-state index in [9.17, 15) is 19.7 Å². The SMILES string of the molecule is CC(=O)n1c(-c2ccccn2)c(NC2CCCCC2)[n+]2c(C)cccc12.CC(=O)n1c(-c2ccccn2)c(NC2CCCCC2)[n+]2cc([N+](=O)[O-])ccc12.[Cl-].[Cl-].c1ccncc1. The largest absolute Gasteiger partial charge is 1.00 e. The van der Waals surface area contributed by atoms with Crippen LogP contribution in [0.3, 0.4) is 0 Å². The molecule has 9 rings (SSSR count). The summed E-state index contributed by atoms with van der Waals surface area (Å²) in [4.78, 5) is 48.8. The molecular formula is C46H52Cl2N10O4. The number of halogens is 2. The first kappa shape index (κ1) is 46.8. The van der Waals surface area contributed by atoms with Gasteiger partial charge in [0.25, 0.3) is 23.5 Å². The molecule has 7 aromatic heterocycles. The predicted molar refractivity (Wildman–Crippen MR) is 231 cm³/mol. The molecule has 324 valence electrons. The molecule has 16 heteroatoms. The molecule has 2 saturated carbocycles. The molecule has 7 aromatic rings. The van der Waals surface area contributed by atoms with E-state index in [-0.39, 0.29) is 48.4 Å². The van der Waals surface area contributed by atoms with Crippen LogP contribution in [-0.2, 0) is 0 Å². The van der Waals surface area contributed by atoms with Crippen LogP contribution in [0.5, 0.6) is 0 Å². The molecule has 0 amide bonds. The van der Waals surface area contributed by atoms with Crippen LogP contribution in [0.2, 0.25) is 0 Å². The predicted octanol–water partition coefficient (Wildman–Crippen LogP) is 2.69. The fourth-order valence-corrected chi connectivity index (χ4v) is 8.26. The highest BCUT2D eigenvalue weighted by Gasteiger charge is 2.34. The summed E-state index contributed by atoms with van der Waals surface area (Å²) in [5, 5.41) is 18.6. The average molecular weight is 880 g/mol. The van der Waals surface area contributed by atoms with Gasteiger partial charge in [0.15, 0.2) is 0 Å². The fraction of sp³-hybridized carbons (Fsp3) is 0.326. The molecule has 0 unspecified atom stereocenters. The Balaban J connectivity index is 0.000000201. The number of rotatable bonds is 7. The monoisotopic (exact) mass is 878 g/mol. The highest BCUT2D eigenvalue weighted by molar-refractivity contribution is 5.89. The maximum atomic E-state index is 12.6. The van der Waals surface area contributed by atoms with Gasteiger partial charge in [-0.2, -0.15) is 17.9 Å². The van der Waals surface area contributed by atoms with Crippen molar-refractivity contribution in [1.82, 2.24) is 24.1 Å². The smallest absolute Gasteiger partial charge is 0.301 e. The molecular weight excluding hydrogens is 827 g/mol. The number of aryl methyl sites for hydroxylation is 1. The number of nitro groups is 1. The highest BCUT2D eigenvalue weighted by atomic mass is 35.5. The van der Waals surface area contributed by atoms with Gasteiger partial charge in [-0.15, -0.1) is 0 Å². The van der Waals surface area contributed by atoms with Gasteiger partial charge in [0.05, 0.1) is 22.7 Å². The average Bonchev–Trinajstić information content (AvgIpc) is 3.79. The lowest BCUT2D eigenvalue weighted by Gasteiger charge is -2.20. The van der Waals surface area contributed by atoms with Crippen LogP contribution in [0, 0.1) is 17.0 Å². The van der Waals surface area contributed by atoms with Crippen LogP contribution in [0.25, 0.3) is 34.1 Å². The van der Waals surface area contributed by atoms with E-state index >= 15 is 0 Å². The fourth-order valence-electron chi connectivity index (χ4n) is 8.26. The van der Waals surface area contributed by atoms with E-state index in [4.69, 9.17) is 0 Å². The van der Waals surface area contributed by atoms with Gasteiger partial charge < -0.3 is 24.8 Å². The van der Waals surface area contributed by atoms with Crippen LogP contribution in [0.4, 0.5) is 17.3 Å². The zero-order valence-corrected chi connectivity index (χ0v) is 36.7. The Morgan fingerprint density at radius 3 is 1.63 bits per heavy atom. The second kappa shape index (κ2) is 22.0. The Hall–Kier alpha value is -6.25. The first-order valence-corrected chi connectivity index (χ1v) is 20.8. The van der Waals surface area contributed by atoms with E-state index < -0.39 is 4.92 Å². The summed E-state index contributed by atoms with van der Waals surface area (Å²) >= 11 is 0. The summed E-state index contributed by atoms with van der Waals surface area (Å²) in [6.07, 6.45) is 20.2. The second-order valence-corrected chi connectivity index (χ2v) is 15.2. The molecule has 2 aliphatic rings. The number of fused-ring (bicyclic) bond motifs is 2. The van der Waals surface area contributed by atoms with Gasteiger partial charge in [-0.3, -0.25) is 45.3 Å². The van der Waals surface area contributed by atoms with Crippen molar-refractivity contribution in [2.24, 2.45) is 0 Å². The molecule has 7 heterocycles. The minimum atomic E-state index is -0.428. The molecule has 14 nitrogen and oxygen atoms in total. The number of carbonyl (C=O) groups is 2. The second-order valence-electron chi connectivity index (χ2n) is 15.2. The normalized spacial score (nSPS) is 13.9. The number of pyridine rings is 5. The van der Waals surface area contributed by atoms with E-state index in [1.54, 1.807) is 51.3 Å². The Morgan fingerprint density at radius 1 is 0.645 bits per heavy atom. The number of nitrogens with zero attached hydrogens (tertiary/aromatic N) is 8. The molecule has 0 atom stereocenters. The summed E-state index contributed by atoms with van der Waals surface area (Å²) in [6.45, 7) is 5.17. The topological polar surface area (TPSA) is 158 Å². The molecule has 0 aliphatic heterocycles. The summed E-state index contributed by atoms with van der Waals surface area (Å²) in [6, 6.07) is 26.9. The van der Waals surface area contributed by atoms with E-state index in [0.717, 1.165) is 54.2 Å². The Bertz CT molecular complexity index is 2550. The minimum absolute atomic E-state index is 0. The minimum Gasteiger partial charge on any atom is -1.00 e. The Kier molecular flexibility index (Phi) is 16.6. The molecule has 0 radical (unpaired) electrons. The van der Waals surface area contributed by atoms with Gasteiger partial charge in [0, 0.05) is 56.8 Å². The molecule has 2 N–H and O–H groups in total. The lowest BCUT2D eigenvalue weighted by molar-refractivity contribution is -0.505. The van der Waals surface area contributed by atoms with Crippen molar-refractivity contribution in [2.45, 2.75) is 97.1 Å². The van der Waals surface area contributed by atoms with Crippen LogP contribution >= 0.6 is 0 Å². The third-order valence-electron chi connectivity index (χ3n) is 11.0. The summed E-state index contributed by atoms with van der Waals surface area (Å²) < 4.78 is 7.20. The van der Waals surface area contributed by atoms with Gasteiger partial charge in [-0.25, -0.2) is 0 Å². The number of anilines is 2. The summed E-state index contributed by atoms with van der Waals surface area (Å²) in [5.41, 5.74) is 5.42. The zero-order chi connectivity index (χ0) is 42.0. The standard InChI is InChI=1S/C21H25N4O.C20H22N5O3.C5H5N.2ClH/c1-15-9-8-13-19-24(15)21(23-17-10-4-3-5-11-17)20(25(19)16(2)26)18-12-6-7-14-22-18;1-14(26)24-18-11-10-16(25(27)28)13-23(18)20(22-15-7-3-2-4-8-15)19(24)17-9-5-6-12-21-17;1-2-4-6-5-3-1;;/h6-9,12-14,17,23H,3-5,10-11H2,1-2H3;5-6,9-13,15,22H,2-4,7-8H2,1H3;1-5H;2*1H/q2*+1;;;/p-2. The van der Waals surface area contributed by atoms with Gasteiger partial charge >= 0.3 is 5.69 Å². The number of carbonyl (C=O) groups excluding carboxylic acids is 2. The molecule has 0 saturated heterocycles. The number of hydrogen-bond acceptors (Lipinski definition) is 9. The van der Waals surface area contributed by atoms with Crippen LogP contribution in [-0.4, -0.2) is 52.9 Å². The number of imidazole rings is 2. The molecule has 0 spiro atoms. The van der Waals surface area contributed by atoms with Crippen molar-refractivity contribution in [3.8, 4) is 22.8 Å². The van der Waals surface area contributed by atoms with Crippen LogP contribution in [0.15, 0.2) is 116 Å². The van der Waals surface area contributed by atoms with Crippen molar-refractivity contribution in [3.63, 3.8) is 0 Å². The van der Waals surface area contributed by atoms with E-state index in [1.807, 2.05) is 66.7 Å². The van der Waals surface area contributed by atoms with Crippen molar-refractivity contribution in [1.29, 1.82) is 0 Å². The third-order valence-corrected chi connectivity index (χ3v) is 11.0. The van der Waals surface area contributed by atoms with E-state index in [0.29, 0.717) is 28.9 Å². The van der Waals surface area contributed by atoms with Crippen molar-refractivity contribution in [2.75, 3.05) is 10.6 Å². The van der Waals surface area contributed by atoms with Crippen LogP contribution < -0.4 is 44.2 Å².